The highest BCUT2D eigenvalue weighted by Gasteiger charge is 2.45. The highest BCUT2D eigenvalue weighted by molar-refractivity contribution is 5.95. The number of aromatic hydroxyl groups is 1. The Morgan fingerprint density at radius 3 is 2.08 bits per heavy atom. The highest BCUT2D eigenvalue weighted by atomic mass is 16.6. The van der Waals surface area contributed by atoms with Gasteiger partial charge in [0.1, 0.15) is 23.4 Å². The summed E-state index contributed by atoms with van der Waals surface area (Å²) in [5, 5.41) is 16.3. The van der Waals surface area contributed by atoms with E-state index in [4.69, 9.17) is 10.5 Å². The molecule has 1 aromatic carbocycles. The van der Waals surface area contributed by atoms with Gasteiger partial charge in [-0.15, -0.1) is 0 Å². The third-order valence-electron chi connectivity index (χ3n) is 5.72. The average molecular weight is 521 g/mol. The van der Waals surface area contributed by atoms with Gasteiger partial charge >= 0.3 is 6.09 Å². The van der Waals surface area contributed by atoms with Gasteiger partial charge in [-0.05, 0) is 74.3 Å². The van der Waals surface area contributed by atoms with Crippen molar-refractivity contribution < 1.29 is 29.0 Å². The molecule has 0 saturated carbocycles. The summed E-state index contributed by atoms with van der Waals surface area (Å²) in [5.74, 6) is -2.20. The van der Waals surface area contributed by atoms with Crippen molar-refractivity contribution in [3.63, 3.8) is 0 Å². The van der Waals surface area contributed by atoms with E-state index in [1.54, 1.807) is 80.5 Å². The van der Waals surface area contributed by atoms with Crippen molar-refractivity contribution in [2.75, 3.05) is 0 Å². The van der Waals surface area contributed by atoms with Crippen LogP contribution in [0.3, 0.4) is 0 Å². The fourth-order valence-electron chi connectivity index (χ4n) is 3.70. The summed E-state index contributed by atoms with van der Waals surface area (Å²) >= 11 is 0. The Morgan fingerprint density at radius 1 is 1.05 bits per heavy atom. The van der Waals surface area contributed by atoms with Crippen molar-refractivity contribution in [3.05, 3.63) is 29.3 Å². The molecule has 2 unspecified atom stereocenters. The number of nitrogens with two attached hydrogens (primary N) is 1. The fraction of sp³-hybridized carbons (Fsp3) is 0.630. The first kappa shape index (κ1) is 31.7. The van der Waals surface area contributed by atoms with Crippen molar-refractivity contribution in [1.29, 1.82) is 0 Å². The summed E-state index contributed by atoms with van der Waals surface area (Å²) in [7, 11) is 0. The topological polar surface area (TPSA) is 151 Å². The Morgan fingerprint density at radius 2 is 1.62 bits per heavy atom. The second-order valence-electron chi connectivity index (χ2n) is 11.9. The second kappa shape index (κ2) is 11.8. The van der Waals surface area contributed by atoms with Crippen LogP contribution < -0.4 is 16.4 Å². The van der Waals surface area contributed by atoms with Gasteiger partial charge in [-0.25, -0.2) is 4.79 Å². The molecule has 0 aliphatic rings. The van der Waals surface area contributed by atoms with Crippen LogP contribution in [0.5, 0.6) is 5.75 Å². The van der Waals surface area contributed by atoms with Gasteiger partial charge in [-0.2, -0.15) is 0 Å². The van der Waals surface area contributed by atoms with Gasteiger partial charge in [0.2, 0.25) is 17.7 Å². The summed E-state index contributed by atoms with van der Waals surface area (Å²) in [6.45, 7) is 17.5. The van der Waals surface area contributed by atoms with Crippen LogP contribution in [0, 0.1) is 6.92 Å². The number of hydrogen-bond acceptors (Lipinski definition) is 6. The number of nitrogens with one attached hydrogen (secondary N) is 2. The zero-order valence-corrected chi connectivity index (χ0v) is 23.8. The smallest absolute Gasteiger partial charge is 0.408 e. The number of nitrogens with zero attached hydrogens (tertiary/aromatic N) is 1. The van der Waals surface area contributed by atoms with E-state index in [1.165, 1.54) is 4.90 Å². The number of ether oxygens (including phenoxy) is 1. The summed E-state index contributed by atoms with van der Waals surface area (Å²) in [4.78, 5) is 53.7. The molecule has 1 aromatic rings. The molecule has 0 spiro atoms. The van der Waals surface area contributed by atoms with E-state index in [2.05, 4.69) is 10.6 Å². The normalized spacial score (nSPS) is 13.8. The lowest BCUT2D eigenvalue weighted by atomic mass is 9.90. The number of aryl methyl sites for hydroxylation is 1. The Hall–Kier alpha value is -3.30. The molecule has 0 aliphatic heterocycles. The van der Waals surface area contributed by atoms with E-state index in [-0.39, 0.29) is 11.3 Å². The highest BCUT2D eigenvalue weighted by Crippen LogP contribution is 2.37. The zero-order chi connectivity index (χ0) is 28.9. The molecule has 10 nitrogen and oxygen atoms in total. The second-order valence-corrected chi connectivity index (χ2v) is 11.9. The number of primary amides is 1. The minimum Gasteiger partial charge on any atom is -0.507 e. The molecule has 0 fully saturated rings. The van der Waals surface area contributed by atoms with E-state index >= 15 is 0 Å². The number of hydrogen-bond donors (Lipinski definition) is 4. The number of phenolic OH excluding ortho intramolecular Hbond substituents is 1. The van der Waals surface area contributed by atoms with Crippen LogP contribution in [-0.2, 0) is 19.1 Å². The predicted octanol–water partition coefficient (Wildman–Crippen LogP) is 3.44. The van der Waals surface area contributed by atoms with Crippen molar-refractivity contribution in [3.8, 4) is 5.75 Å². The monoisotopic (exact) mass is 520 g/mol. The molecule has 0 aliphatic carbocycles. The Balaban J connectivity index is 3.78. The number of alkyl carbamates (subject to hydrolysis) is 1. The molecule has 0 aromatic heterocycles. The first-order chi connectivity index (χ1) is 16.7. The van der Waals surface area contributed by atoms with Crippen LogP contribution in [0.25, 0.3) is 0 Å². The maximum Gasteiger partial charge on any atom is 0.408 e. The van der Waals surface area contributed by atoms with Gasteiger partial charge in [-0.1, -0.05) is 25.1 Å². The first-order valence-corrected chi connectivity index (χ1v) is 12.4. The number of carbonyl (C=O) groups is 4. The van der Waals surface area contributed by atoms with Gasteiger partial charge in [0, 0.05) is 16.6 Å². The third kappa shape index (κ3) is 9.26. The molecule has 1 rings (SSSR count). The van der Waals surface area contributed by atoms with E-state index in [1.807, 2.05) is 6.92 Å². The van der Waals surface area contributed by atoms with E-state index in [0.717, 1.165) is 0 Å². The lowest BCUT2D eigenvalue weighted by Gasteiger charge is -2.45. The van der Waals surface area contributed by atoms with Crippen LogP contribution in [-0.4, -0.2) is 56.5 Å². The van der Waals surface area contributed by atoms with Gasteiger partial charge in [-0.3, -0.25) is 14.4 Å². The number of benzene rings is 1. The molecule has 10 heteroatoms. The lowest BCUT2D eigenvalue weighted by Crippen LogP contribution is -2.60. The van der Waals surface area contributed by atoms with Crippen molar-refractivity contribution >= 4 is 23.8 Å². The molecule has 4 amide bonds. The Kier molecular flexibility index (Phi) is 10.1. The molecule has 208 valence electrons. The molecule has 2 atom stereocenters. The molecule has 0 bridgehead atoms. The minimum absolute atomic E-state index is 0.132. The fourth-order valence-corrected chi connectivity index (χ4v) is 3.70. The molecule has 0 saturated heterocycles. The molecular formula is C27H44N4O6. The van der Waals surface area contributed by atoms with Crippen LogP contribution >= 0.6 is 0 Å². The maximum absolute atomic E-state index is 14.2. The predicted molar refractivity (Wildman–Crippen MR) is 142 cm³/mol. The van der Waals surface area contributed by atoms with Crippen LogP contribution in [0.4, 0.5) is 4.79 Å². The molecule has 0 heterocycles. The van der Waals surface area contributed by atoms with E-state index in [9.17, 15) is 24.3 Å². The summed E-state index contributed by atoms with van der Waals surface area (Å²) < 4.78 is 5.29. The van der Waals surface area contributed by atoms with Crippen LogP contribution in [0.15, 0.2) is 18.2 Å². The average Bonchev–Trinajstić information content (AvgIpc) is 2.70. The van der Waals surface area contributed by atoms with E-state index < -0.39 is 59.0 Å². The SMILES string of the molecule is CCC(C)(C)N(C(=O)C(CC(N)=O)NC(=O)OC(C)(C)C)C(C(=O)NC(C)(C)C)c1cccc(C)c1O. The minimum atomic E-state index is -1.41. The largest absolute Gasteiger partial charge is 0.507 e. The Labute approximate surface area is 220 Å². The van der Waals surface area contributed by atoms with Gasteiger partial charge in [0.25, 0.3) is 0 Å². The number of amides is 4. The number of phenols is 1. The molecule has 0 radical (unpaired) electrons. The third-order valence-corrected chi connectivity index (χ3v) is 5.72. The molecule has 37 heavy (non-hydrogen) atoms. The van der Waals surface area contributed by atoms with Crippen molar-refractivity contribution in [2.45, 2.75) is 111 Å². The summed E-state index contributed by atoms with van der Waals surface area (Å²) in [6, 6.07) is 2.26. The Bertz CT molecular complexity index is 1010. The standard InChI is InChI=1S/C27H44N4O6/c1-11-27(9,10)31(23(35)18(15-19(28)32)29-24(36)37-26(6,7)8)20(22(34)30-25(3,4)5)17-14-12-13-16(2)21(17)33/h12-14,18,20,33H,11,15H2,1-10H3,(H2,28,32)(H,29,36)(H,30,34). The molecular weight excluding hydrogens is 476 g/mol. The summed E-state index contributed by atoms with van der Waals surface area (Å²) in [6.07, 6.45) is -1.00. The van der Waals surface area contributed by atoms with Crippen LogP contribution in [0.2, 0.25) is 0 Å². The van der Waals surface area contributed by atoms with Gasteiger partial charge in [0.15, 0.2) is 0 Å². The first-order valence-electron chi connectivity index (χ1n) is 12.4. The number of carbonyl (C=O) groups excluding carboxylic acids is 4. The van der Waals surface area contributed by atoms with Crippen molar-refractivity contribution in [1.82, 2.24) is 15.5 Å². The lowest BCUT2D eigenvalue weighted by molar-refractivity contribution is -0.150. The van der Waals surface area contributed by atoms with Gasteiger partial charge in [0.05, 0.1) is 6.42 Å². The summed E-state index contributed by atoms with van der Waals surface area (Å²) in [5.41, 5.74) is 3.72. The van der Waals surface area contributed by atoms with E-state index in [0.29, 0.717) is 12.0 Å². The van der Waals surface area contributed by atoms with Crippen molar-refractivity contribution in [2.24, 2.45) is 5.73 Å². The maximum atomic E-state index is 14.2. The van der Waals surface area contributed by atoms with Gasteiger partial charge < -0.3 is 31.1 Å². The quantitative estimate of drug-likeness (QED) is 0.392. The number of para-hydroxylation sites is 1. The number of rotatable bonds is 9. The molecule has 5 N–H and O–H groups in total. The zero-order valence-electron chi connectivity index (χ0n) is 23.8. The van der Waals surface area contributed by atoms with Crippen LogP contribution in [0.1, 0.15) is 92.3 Å².